The normalized spacial score (nSPS) is 12.4. The van der Waals surface area contributed by atoms with E-state index in [0.717, 1.165) is 29.5 Å². The molecule has 3 N–H and O–H groups in total. The highest BCUT2D eigenvalue weighted by Gasteiger charge is 2.10. The van der Waals surface area contributed by atoms with E-state index in [1.54, 1.807) is 0 Å². The standard InChI is InChI=1S/C13H20BrNO3/c1-2-6-15-7-10-4-3-5-12(14)13(10)18-9-11(17)8-16/h3-5,11,15-17H,2,6-9H2,1H3. The average Bonchev–Trinajstić information content (AvgIpc) is 2.38. The topological polar surface area (TPSA) is 61.7 Å². The van der Waals surface area contributed by atoms with Crippen LogP contribution >= 0.6 is 15.9 Å². The molecule has 0 bridgehead atoms. The van der Waals surface area contributed by atoms with Crippen molar-refractivity contribution >= 4 is 15.9 Å². The summed E-state index contributed by atoms with van der Waals surface area (Å²) in [6.45, 7) is 3.57. The second-order valence-corrected chi connectivity index (χ2v) is 4.91. The molecule has 18 heavy (non-hydrogen) atoms. The molecule has 0 saturated heterocycles. The Hall–Kier alpha value is -0.620. The molecule has 5 heteroatoms. The third-order valence-electron chi connectivity index (χ3n) is 2.42. The largest absolute Gasteiger partial charge is 0.489 e. The molecule has 0 aromatic heterocycles. The summed E-state index contributed by atoms with van der Waals surface area (Å²) in [5.41, 5.74) is 1.03. The zero-order chi connectivity index (χ0) is 13.4. The number of hydrogen-bond acceptors (Lipinski definition) is 4. The van der Waals surface area contributed by atoms with E-state index in [2.05, 4.69) is 28.2 Å². The van der Waals surface area contributed by atoms with Gasteiger partial charge in [0.1, 0.15) is 18.5 Å². The summed E-state index contributed by atoms with van der Waals surface area (Å²) in [5.74, 6) is 0.716. The van der Waals surface area contributed by atoms with E-state index in [9.17, 15) is 5.11 Å². The third kappa shape index (κ3) is 4.94. The maximum absolute atomic E-state index is 9.31. The van der Waals surface area contributed by atoms with E-state index in [1.807, 2.05) is 18.2 Å². The van der Waals surface area contributed by atoms with Crippen molar-refractivity contribution in [1.29, 1.82) is 0 Å². The quantitative estimate of drug-likeness (QED) is 0.638. The van der Waals surface area contributed by atoms with Crippen LogP contribution in [0, 0.1) is 0 Å². The van der Waals surface area contributed by atoms with Crippen LogP contribution in [-0.2, 0) is 6.54 Å². The lowest BCUT2D eigenvalue weighted by Crippen LogP contribution is -2.22. The fourth-order valence-electron chi connectivity index (χ4n) is 1.49. The van der Waals surface area contributed by atoms with Crippen LogP contribution in [0.4, 0.5) is 0 Å². The van der Waals surface area contributed by atoms with Gasteiger partial charge in [-0.25, -0.2) is 0 Å². The first-order valence-electron chi connectivity index (χ1n) is 6.08. The number of ether oxygens (including phenoxy) is 1. The van der Waals surface area contributed by atoms with Crippen molar-refractivity contribution in [1.82, 2.24) is 5.32 Å². The number of aliphatic hydroxyl groups excluding tert-OH is 2. The van der Waals surface area contributed by atoms with Gasteiger partial charge in [0, 0.05) is 12.1 Å². The van der Waals surface area contributed by atoms with Crippen LogP contribution in [-0.4, -0.2) is 36.1 Å². The second kappa shape index (κ2) is 8.48. The first-order chi connectivity index (χ1) is 8.69. The van der Waals surface area contributed by atoms with Gasteiger partial charge in [0.05, 0.1) is 11.1 Å². The molecule has 1 aromatic carbocycles. The van der Waals surface area contributed by atoms with E-state index in [1.165, 1.54) is 0 Å². The molecule has 102 valence electrons. The van der Waals surface area contributed by atoms with Crippen molar-refractivity contribution in [2.24, 2.45) is 0 Å². The Morgan fingerprint density at radius 2 is 2.22 bits per heavy atom. The summed E-state index contributed by atoms with van der Waals surface area (Å²) in [4.78, 5) is 0. The molecule has 0 spiro atoms. The molecule has 0 radical (unpaired) electrons. The monoisotopic (exact) mass is 317 g/mol. The number of aliphatic hydroxyl groups is 2. The Labute approximate surface area is 116 Å². The Kier molecular flexibility index (Phi) is 7.27. The minimum absolute atomic E-state index is 0.0832. The van der Waals surface area contributed by atoms with Crippen LogP contribution in [0.15, 0.2) is 22.7 Å². The van der Waals surface area contributed by atoms with Gasteiger partial charge in [0.25, 0.3) is 0 Å². The van der Waals surface area contributed by atoms with Crippen molar-refractivity contribution in [3.05, 3.63) is 28.2 Å². The van der Waals surface area contributed by atoms with E-state index < -0.39 is 6.10 Å². The molecule has 4 nitrogen and oxygen atoms in total. The van der Waals surface area contributed by atoms with Crippen LogP contribution in [0.5, 0.6) is 5.75 Å². The zero-order valence-corrected chi connectivity index (χ0v) is 12.1. The number of nitrogens with one attached hydrogen (secondary N) is 1. The van der Waals surface area contributed by atoms with Gasteiger partial charge in [0.2, 0.25) is 0 Å². The lowest BCUT2D eigenvalue weighted by molar-refractivity contribution is 0.0530. The molecular formula is C13H20BrNO3. The maximum Gasteiger partial charge on any atom is 0.138 e. The minimum Gasteiger partial charge on any atom is -0.489 e. The molecular weight excluding hydrogens is 298 g/mol. The van der Waals surface area contributed by atoms with E-state index in [0.29, 0.717) is 5.75 Å². The molecule has 0 aliphatic heterocycles. The number of para-hydroxylation sites is 1. The van der Waals surface area contributed by atoms with Gasteiger partial charge in [-0.05, 0) is 35.0 Å². The van der Waals surface area contributed by atoms with E-state index in [-0.39, 0.29) is 13.2 Å². The Balaban J connectivity index is 2.67. The summed E-state index contributed by atoms with van der Waals surface area (Å²) in [6, 6.07) is 5.82. The molecule has 0 saturated carbocycles. The summed E-state index contributed by atoms with van der Waals surface area (Å²) in [7, 11) is 0. The Morgan fingerprint density at radius 1 is 1.44 bits per heavy atom. The summed E-state index contributed by atoms with van der Waals surface area (Å²) in [6.07, 6.45) is 0.224. The zero-order valence-electron chi connectivity index (χ0n) is 10.5. The van der Waals surface area contributed by atoms with Crippen molar-refractivity contribution in [3.63, 3.8) is 0 Å². The fourth-order valence-corrected chi connectivity index (χ4v) is 2.01. The lowest BCUT2D eigenvalue weighted by Gasteiger charge is -2.15. The van der Waals surface area contributed by atoms with Crippen molar-refractivity contribution in [2.75, 3.05) is 19.8 Å². The fraction of sp³-hybridized carbons (Fsp3) is 0.538. The SMILES string of the molecule is CCCNCc1cccc(Br)c1OCC(O)CO. The molecule has 0 heterocycles. The average molecular weight is 318 g/mol. The van der Waals surface area contributed by atoms with Gasteiger partial charge in [-0.2, -0.15) is 0 Å². The number of benzene rings is 1. The van der Waals surface area contributed by atoms with E-state index >= 15 is 0 Å². The summed E-state index contributed by atoms with van der Waals surface area (Å²) >= 11 is 3.43. The number of hydrogen-bond donors (Lipinski definition) is 3. The predicted molar refractivity (Wildman–Crippen MR) is 74.7 cm³/mol. The van der Waals surface area contributed by atoms with E-state index in [4.69, 9.17) is 9.84 Å². The predicted octanol–water partition coefficient (Wildman–Crippen LogP) is 1.68. The highest BCUT2D eigenvalue weighted by molar-refractivity contribution is 9.10. The smallest absolute Gasteiger partial charge is 0.138 e. The van der Waals surface area contributed by atoms with Crippen molar-refractivity contribution in [3.8, 4) is 5.75 Å². The highest BCUT2D eigenvalue weighted by atomic mass is 79.9. The maximum atomic E-state index is 9.31. The minimum atomic E-state index is -0.853. The number of rotatable bonds is 8. The van der Waals surface area contributed by atoms with Crippen LogP contribution in [0.2, 0.25) is 0 Å². The first-order valence-corrected chi connectivity index (χ1v) is 6.88. The molecule has 1 atom stereocenters. The first kappa shape index (κ1) is 15.4. The highest BCUT2D eigenvalue weighted by Crippen LogP contribution is 2.29. The third-order valence-corrected chi connectivity index (χ3v) is 3.05. The summed E-state index contributed by atoms with van der Waals surface area (Å²) < 4.78 is 6.40. The summed E-state index contributed by atoms with van der Waals surface area (Å²) in [5, 5.41) is 21.4. The molecule has 0 amide bonds. The van der Waals surface area contributed by atoms with Crippen LogP contribution in [0.1, 0.15) is 18.9 Å². The molecule has 1 rings (SSSR count). The molecule has 0 aliphatic carbocycles. The lowest BCUT2D eigenvalue weighted by atomic mass is 10.2. The van der Waals surface area contributed by atoms with Gasteiger partial charge >= 0.3 is 0 Å². The second-order valence-electron chi connectivity index (χ2n) is 4.05. The molecule has 1 unspecified atom stereocenters. The van der Waals surface area contributed by atoms with Gasteiger partial charge in [0.15, 0.2) is 0 Å². The Bertz CT molecular complexity index is 360. The van der Waals surface area contributed by atoms with Crippen LogP contribution < -0.4 is 10.1 Å². The van der Waals surface area contributed by atoms with Gasteiger partial charge in [-0.3, -0.25) is 0 Å². The van der Waals surface area contributed by atoms with Gasteiger partial charge in [-0.15, -0.1) is 0 Å². The van der Waals surface area contributed by atoms with Crippen molar-refractivity contribution < 1.29 is 14.9 Å². The van der Waals surface area contributed by atoms with Gasteiger partial charge in [-0.1, -0.05) is 19.1 Å². The number of halogens is 1. The van der Waals surface area contributed by atoms with Crippen LogP contribution in [0.3, 0.4) is 0 Å². The van der Waals surface area contributed by atoms with Crippen molar-refractivity contribution in [2.45, 2.75) is 26.0 Å². The van der Waals surface area contributed by atoms with Crippen LogP contribution in [0.25, 0.3) is 0 Å². The molecule has 1 aromatic rings. The Morgan fingerprint density at radius 3 is 2.89 bits per heavy atom. The molecule has 0 fully saturated rings. The van der Waals surface area contributed by atoms with Gasteiger partial charge < -0.3 is 20.3 Å². The molecule has 0 aliphatic rings.